The summed E-state index contributed by atoms with van der Waals surface area (Å²) in [6, 6.07) is 3.49. The van der Waals surface area contributed by atoms with Gasteiger partial charge in [0.25, 0.3) is 0 Å². The van der Waals surface area contributed by atoms with Crippen molar-refractivity contribution >= 4 is 27.8 Å². The fourth-order valence-electron chi connectivity index (χ4n) is 1.46. The molecular formula is C12H17NO5S2. The Morgan fingerprint density at radius 1 is 1.45 bits per heavy atom. The molecule has 20 heavy (non-hydrogen) atoms. The van der Waals surface area contributed by atoms with E-state index in [9.17, 15) is 18.3 Å². The van der Waals surface area contributed by atoms with Crippen LogP contribution in [0, 0.1) is 0 Å². The zero-order valence-corrected chi connectivity index (χ0v) is 12.9. The maximum Gasteiger partial charge on any atom is 0.341 e. The SMILES string of the molecule is COC(=O)c1cc(S(=O)(=O)NCCCSC)ccc1O. The van der Waals surface area contributed by atoms with Gasteiger partial charge in [-0.15, -0.1) is 0 Å². The number of hydrogen-bond acceptors (Lipinski definition) is 6. The topological polar surface area (TPSA) is 92.7 Å². The van der Waals surface area contributed by atoms with E-state index in [1.807, 2.05) is 6.26 Å². The maximum absolute atomic E-state index is 12.0. The molecular weight excluding hydrogens is 302 g/mol. The molecule has 1 aromatic rings. The largest absolute Gasteiger partial charge is 0.507 e. The van der Waals surface area contributed by atoms with Gasteiger partial charge in [0.05, 0.1) is 12.0 Å². The van der Waals surface area contributed by atoms with Crippen LogP contribution in [0.4, 0.5) is 0 Å². The van der Waals surface area contributed by atoms with E-state index < -0.39 is 16.0 Å². The molecule has 6 nitrogen and oxygen atoms in total. The molecule has 8 heteroatoms. The van der Waals surface area contributed by atoms with Crippen LogP contribution in [0.25, 0.3) is 0 Å². The number of hydrogen-bond donors (Lipinski definition) is 2. The number of benzene rings is 1. The normalized spacial score (nSPS) is 11.3. The van der Waals surface area contributed by atoms with Crippen LogP contribution in [0.1, 0.15) is 16.8 Å². The van der Waals surface area contributed by atoms with Crippen molar-refractivity contribution < 1.29 is 23.1 Å². The lowest BCUT2D eigenvalue weighted by Crippen LogP contribution is -2.25. The third-order valence-electron chi connectivity index (χ3n) is 2.50. The molecule has 0 amide bonds. The highest BCUT2D eigenvalue weighted by Crippen LogP contribution is 2.22. The number of sulfonamides is 1. The number of aromatic hydroxyl groups is 1. The fourth-order valence-corrected chi connectivity index (χ4v) is 3.00. The van der Waals surface area contributed by atoms with Crippen LogP contribution in [0.2, 0.25) is 0 Å². The molecule has 0 aliphatic rings. The second-order valence-electron chi connectivity index (χ2n) is 3.91. The van der Waals surface area contributed by atoms with E-state index in [-0.39, 0.29) is 16.2 Å². The second-order valence-corrected chi connectivity index (χ2v) is 6.67. The van der Waals surface area contributed by atoms with Crippen molar-refractivity contribution in [2.75, 3.05) is 25.7 Å². The summed E-state index contributed by atoms with van der Waals surface area (Å²) in [7, 11) is -2.54. The van der Waals surface area contributed by atoms with E-state index in [2.05, 4.69) is 9.46 Å². The van der Waals surface area contributed by atoms with Crippen molar-refractivity contribution in [2.24, 2.45) is 0 Å². The Hall–Kier alpha value is -1.25. The molecule has 0 saturated heterocycles. The van der Waals surface area contributed by atoms with Crippen molar-refractivity contribution in [1.29, 1.82) is 0 Å². The van der Waals surface area contributed by atoms with Crippen molar-refractivity contribution in [3.05, 3.63) is 23.8 Å². The molecule has 0 spiro atoms. The summed E-state index contributed by atoms with van der Waals surface area (Å²) in [5, 5.41) is 9.53. The minimum atomic E-state index is -3.70. The van der Waals surface area contributed by atoms with Crippen LogP contribution < -0.4 is 4.72 Å². The molecule has 2 N–H and O–H groups in total. The molecule has 0 bridgehead atoms. The summed E-state index contributed by atoms with van der Waals surface area (Å²) in [5.74, 6) is -0.258. The first-order chi connectivity index (χ1) is 9.42. The third-order valence-corrected chi connectivity index (χ3v) is 4.66. The van der Waals surface area contributed by atoms with Crippen LogP contribution in [-0.2, 0) is 14.8 Å². The Morgan fingerprint density at radius 3 is 2.75 bits per heavy atom. The first-order valence-electron chi connectivity index (χ1n) is 5.82. The number of carbonyl (C=O) groups excluding carboxylic acids is 1. The summed E-state index contributed by atoms with van der Waals surface area (Å²) >= 11 is 1.63. The van der Waals surface area contributed by atoms with Crippen molar-refractivity contribution in [2.45, 2.75) is 11.3 Å². The van der Waals surface area contributed by atoms with Crippen LogP contribution >= 0.6 is 11.8 Å². The number of thioether (sulfide) groups is 1. The number of methoxy groups -OCH3 is 1. The highest BCUT2D eigenvalue weighted by Gasteiger charge is 2.19. The Kier molecular flexibility index (Phi) is 6.31. The van der Waals surface area contributed by atoms with E-state index in [4.69, 9.17) is 0 Å². The summed E-state index contributed by atoms with van der Waals surface area (Å²) in [5.41, 5.74) is -0.181. The van der Waals surface area contributed by atoms with Gasteiger partial charge in [-0.1, -0.05) is 0 Å². The van der Waals surface area contributed by atoms with Gasteiger partial charge in [0.1, 0.15) is 11.3 Å². The molecule has 1 rings (SSSR count). The van der Waals surface area contributed by atoms with Gasteiger partial charge >= 0.3 is 5.97 Å². The number of carbonyl (C=O) groups is 1. The van der Waals surface area contributed by atoms with Crippen molar-refractivity contribution in [1.82, 2.24) is 4.72 Å². The molecule has 1 aromatic carbocycles. The Labute approximate surface area is 122 Å². The van der Waals surface area contributed by atoms with E-state index in [1.54, 1.807) is 11.8 Å². The molecule has 0 aliphatic carbocycles. The number of ether oxygens (including phenoxy) is 1. The summed E-state index contributed by atoms with van der Waals surface area (Å²) in [4.78, 5) is 11.3. The first-order valence-corrected chi connectivity index (χ1v) is 8.70. The quantitative estimate of drug-likeness (QED) is 0.580. The Bertz CT molecular complexity index is 571. The minimum absolute atomic E-state index is 0.0835. The fraction of sp³-hybridized carbons (Fsp3) is 0.417. The molecule has 0 atom stereocenters. The van der Waals surface area contributed by atoms with Crippen molar-refractivity contribution in [3.63, 3.8) is 0 Å². The molecule has 0 heterocycles. The van der Waals surface area contributed by atoms with Crippen LogP contribution in [-0.4, -0.2) is 45.2 Å². The molecule has 0 radical (unpaired) electrons. The van der Waals surface area contributed by atoms with Gasteiger partial charge in [-0.05, 0) is 36.6 Å². The molecule has 0 fully saturated rings. The van der Waals surface area contributed by atoms with Crippen LogP contribution in [0.5, 0.6) is 5.75 Å². The lowest BCUT2D eigenvalue weighted by Gasteiger charge is -2.08. The average Bonchev–Trinajstić information content (AvgIpc) is 2.43. The first kappa shape index (κ1) is 16.8. The van der Waals surface area contributed by atoms with Gasteiger partial charge in [0, 0.05) is 6.54 Å². The Morgan fingerprint density at radius 2 is 2.15 bits per heavy atom. The maximum atomic E-state index is 12.0. The minimum Gasteiger partial charge on any atom is -0.507 e. The van der Waals surface area contributed by atoms with E-state index in [0.717, 1.165) is 25.0 Å². The lowest BCUT2D eigenvalue weighted by atomic mass is 10.2. The predicted octanol–water partition coefficient (Wildman–Crippen LogP) is 1.21. The third kappa shape index (κ3) is 4.39. The molecule has 0 aromatic heterocycles. The highest BCUT2D eigenvalue weighted by molar-refractivity contribution is 7.98. The Balaban J connectivity index is 2.93. The monoisotopic (exact) mass is 319 g/mol. The molecule has 0 saturated carbocycles. The molecule has 0 aliphatic heterocycles. The number of esters is 1. The highest BCUT2D eigenvalue weighted by atomic mass is 32.2. The number of rotatable bonds is 7. The van der Waals surface area contributed by atoms with Crippen molar-refractivity contribution in [3.8, 4) is 5.75 Å². The number of phenolic OH excluding ortho intramolecular Hbond substituents is 1. The van der Waals surface area contributed by atoms with E-state index in [0.29, 0.717) is 13.0 Å². The van der Waals surface area contributed by atoms with Gasteiger partial charge < -0.3 is 9.84 Å². The van der Waals surface area contributed by atoms with Crippen LogP contribution in [0.15, 0.2) is 23.1 Å². The van der Waals surface area contributed by atoms with Crippen LogP contribution in [0.3, 0.4) is 0 Å². The molecule has 112 valence electrons. The van der Waals surface area contributed by atoms with Gasteiger partial charge in [0.2, 0.25) is 10.0 Å². The summed E-state index contributed by atoms with van der Waals surface area (Å²) < 4.78 is 31.0. The van der Waals surface area contributed by atoms with E-state index >= 15 is 0 Å². The van der Waals surface area contributed by atoms with Gasteiger partial charge in [-0.3, -0.25) is 0 Å². The summed E-state index contributed by atoms with van der Waals surface area (Å²) in [6.45, 7) is 0.317. The zero-order valence-electron chi connectivity index (χ0n) is 11.3. The average molecular weight is 319 g/mol. The van der Waals surface area contributed by atoms with Gasteiger partial charge in [-0.2, -0.15) is 11.8 Å². The smallest absolute Gasteiger partial charge is 0.341 e. The number of nitrogens with one attached hydrogen (secondary N) is 1. The lowest BCUT2D eigenvalue weighted by molar-refractivity contribution is 0.0597. The van der Waals surface area contributed by atoms with Gasteiger partial charge in [-0.25, -0.2) is 17.9 Å². The molecule has 0 unspecified atom stereocenters. The van der Waals surface area contributed by atoms with E-state index in [1.165, 1.54) is 6.07 Å². The number of phenols is 1. The predicted molar refractivity (Wildman–Crippen MR) is 77.6 cm³/mol. The zero-order chi connectivity index (χ0) is 15.2. The standard InChI is InChI=1S/C12H17NO5S2/c1-18-12(15)10-8-9(4-5-11(10)14)20(16,17)13-6-3-7-19-2/h4-5,8,13-14H,3,6-7H2,1-2H3. The second kappa shape index (κ2) is 7.51. The summed E-state index contributed by atoms with van der Waals surface area (Å²) in [6.07, 6.45) is 2.65. The van der Waals surface area contributed by atoms with Gasteiger partial charge in [0.15, 0.2) is 0 Å².